The van der Waals surface area contributed by atoms with Crippen LogP contribution >= 0.6 is 0 Å². The Bertz CT molecular complexity index is 432. The lowest BCUT2D eigenvalue weighted by Crippen LogP contribution is -2.40. The van der Waals surface area contributed by atoms with E-state index >= 15 is 0 Å². The lowest BCUT2D eigenvalue weighted by atomic mass is 10.1. The van der Waals surface area contributed by atoms with E-state index in [9.17, 15) is 14.4 Å². The van der Waals surface area contributed by atoms with E-state index in [0.29, 0.717) is 0 Å². The van der Waals surface area contributed by atoms with Crippen molar-refractivity contribution in [2.24, 2.45) is 0 Å². The van der Waals surface area contributed by atoms with Gasteiger partial charge in [-0.25, -0.2) is 4.79 Å². The van der Waals surface area contributed by atoms with Gasteiger partial charge in [0.1, 0.15) is 11.6 Å². The highest BCUT2D eigenvalue weighted by molar-refractivity contribution is 5.91. The molecule has 0 aliphatic rings. The number of carbonyl (C=O) groups excluding carboxylic acids is 2. The minimum absolute atomic E-state index is 0.0204. The second-order valence-electron chi connectivity index (χ2n) is 5.41. The van der Waals surface area contributed by atoms with Crippen LogP contribution in [0.2, 0.25) is 0 Å². The highest BCUT2D eigenvalue weighted by Crippen LogP contribution is 2.10. The number of hydrogen-bond donors (Lipinski definition) is 2. The first-order valence-electron chi connectivity index (χ1n) is 6.70. The van der Waals surface area contributed by atoms with Crippen molar-refractivity contribution in [2.45, 2.75) is 52.2 Å². The molecule has 0 spiro atoms. The molecule has 2 N–H and O–H groups in total. The monoisotopic (exact) mass is 297 g/mol. The number of carboxylic acids is 1. The third-order valence-corrected chi connectivity index (χ3v) is 2.22. The third kappa shape index (κ3) is 10.4. The molecule has 0 aromatic heterocycles. The smallest absolute Gasteiger partial charge is 0.326 e. The van der Waals surface area contributed by atoms with Crippen LogP contribution in [0.25, 0.3) is 0 Å². The van der Waals surface area contributed by atoms with E-state index in [4.69, 9.17) is 9.84 Å². The van der Waals surface area contributed by atoms with E-state index in [-0.39, 0.29) is 12.8 Å². The number of rotatable bonds is 7. The number of amides is 1. The maximum Gasteiger partial charge on any atom is 0.326 e. The molecule has 6 heteroatoms. The maximum absolute atomic E-state index is 11.5. The molecule has 0 bridgehead atoms. The Balaban J connectivity index is 4.41. The van der Waals surface area contributed by atoms with Crippen LogP contribution in [-0.2, 0) is 19.1 Å². The Labute approximate surface area is 124 Å². The fourth-order valence-electron chi connectivity index (χ4n) is 1.39. The summed E-state index contributed by atoms with van der Waals surface area (Å²) in [6.07, 6.45) is 6.02. The van der Waals surface area contributed by atoms with Crippen LogP contribution in [-0.4, -0.2) is 34.6 Å². The van der Waals surface area contributed by atoms with E-state index in [1.165, 1.54) is 12.2 Å². The number of hydrogen-bond acceptors (Lipinski definition) is 4. The van der Waals surface area contributed by atoms with Crippen molar-refractivity contribution in [2.75, 3.05) is 0 Å². The molecule has 0 radical (unpaired) electrons. The predicted molar refractivity (Wildman–Crippen MR) is 78.6 cm³/mol. The van der Waals surface area contributed by atoms with Gasteiger partial charge in [0.15, 0.2) is 0 Å². The zero-order valence-corrected chi connectivity index (χ0v) is 12.9. The molecule has 0 rings (SSSR count). The quantitative estimate of drug-likeness (QED) is 0.425. The van der Waals surface area contributed by atoms with Gasteiger partial charge in [0.25, 0.3) is 0 Å². The van der Waals surface area contributed by atoms with Crippen LogP contribution in [0.5, 0.6) is 0 Å². The van der Waals surface area contributed by atoms with Crippen molar-refractivity contribution < 1.29 is 24.2 Å². The first kappa shape index (κ1) is 18.9. The fourth-order valence-corrected chi connectivity index (χ4v) is 1.39. The molecule has 1 atom stereocenters. The van der Waals surface area contributed by atoms with Crippen molar-refractivity contribution >= 4 is 17.8 Å². The van der Waals surface area contributed by atoms with E-state index < -0.39 is 29.5 Å². The van der Waals surface area contributed by atoms with Gasteiger partial charge in [-0.2, -0.15) is 0 Å². The topological polar surface area (TPSA) is 92.7 Å². The van der Waals surface area contributed by atoms with E-state index in [1.807, 2.05) is 0 Å². The van der Waals surface area contributed by atoms with Crippen LogP contribution in [0.15, 0.2) is 24.3 Å². The lowest BCUT2D eigenvalue weighted by Gasteiger charge is -2.20. The van der Waals surface area contributed by atoms with Crippen molar-refractivity contribution in [3.8, 4) is 0 Å². The molecular weight excluding hydrogens is 274 g/mol. The van der Waals surface area contributed by atoms with Gasteiger partial charge >= 0.3 is 11.9 Å². The summed E-state index contributed by atoms with van der Waals surface area (Å²) in [5.74, 6) is -2.21. The SMILES string of the molecule is CC=CC=CC(=O)N[C@H](CCC(=O)OC(C)(C)C)C(=O)O. The maximum atomic E-state index is 11.5. The molecule has 0 aliphatic carbocycles. The molecule has 0 saturated carbocycles. The Hall–Kier alpha value is -2.11. The van der Waals surface area contributed by atoms with Crippen molar-refractivity contribution in [1.29, 1.82) is 0 Å². The average molecular weight is 297 g/mol. The summed E-state index contributed by atoms with van der Waals surface area (Å²) >= 11 is 0. The van der Waals surface area contributed by atoms with Crippen LogP contribution in [0.4, 0.5) is 0 Å². The highest BCUT2D eigenvalue weighted by atomic mass is 16.6. The Morgan fingerprint density at radius 1 is 1.24 bits per heavy atom. The molecule has 0 aliphatic heterocycles. The molecule has 0 fully saturated rings. The molecular formula is C15H23NO5. The second kappa shape index (κ2) is 8.94. The van der Waals surface area contributed by atoms with Gasteiger partial charge < -0.3 is 15.2 Å². The molecule has 0 saturated heterocycles. The number of carboxylic acid groups (broad SMARTS) is 1. The van der Waals surface area contributed by atoms with Crippen LogP contribution in [0.3, 0.4) is 0 Å². The van der Waals surface area contributed by atoms with Crippen molar-refractivity contribution in [1.82, 2.24) is 5.32 Å². The third-order valence-electron chi connectivity index (χ3n) is 2.22. The minimum Gasteiger partial charge on any atom is -0.480 e. The number of allylic oxidation sites excluding steroid dienone is 3. The largest absolute Gasteiger partial charge is 0.480 e. The number of aliphatic carboxylic acids is 1. The van der Waals surface area contributed by atoms with Gasteiger partial charge in [-0.15, -0.1) is 0 Å². The Morgan fingerprint density at radius 3 is 2.33 bits per heavy atom. The molecule has 0 unspecified atom stereocenters. The summed E-state index contributed by atoms with van der Waals surface area (Å²) in [5.41, 5.74) is -0.617. The van der Waals surface area contributed by atoms with Gasteiger partial charge in [-0.3, -0.25) is 9.59 Å². The Morgan fingerprint density at radius 2 is 1.86 bits per heavy atom. The van der Waals surface area contributed by atoms with E-state index in [0.717, 1.165) is 0 Å². The number of carbonyl (C=O) groups is 3. The van der Waals surface area contributed by atoms with Crippen molar-refractivity contribution in [3.05, 3.63) is 24.3 Å². The summed E-state index contributed by atoms with van der Waals surface area (Å²) in [7, 11) is 0. The molecule has 1 amide bonds. The standard InChI is InChI=1S/C15H23NO5/c1-5-6-7-8-12(17)16-11(14(19)20)9-10-13(18)21-15(2,3)4/h5-8,11H,9-10H2,1-4H3,(H,16,17)(H,19,20)/t11-/m1/s1. The zero-order valence-electron chi connectivity index (χ0n) is 12.9. The van der Waals surface area contributed by atoms with Crippen LogP contribution < -0.4 is 5.32 Å². The normalized spacial score (nSPS) is 13.3. The summed E-state index contributed by atoms with van der Waals surface area (Å²) < 4.78 is 5.08. The van der Waals surface area contributed by atoms with Gasteiger partial charge in [-0.1, -0.05) is 18.2 Å². The minimum atomic E-state index is -1.19. The summed E-state index contributed by atoms with van der Waals surface area (Å²) in [5, 5.41) is 11.4. The van der Waals surface area contributed by atoms with Crippen molar-refractivity contribution in [3.63, 3.8) is 0 Å². The first-order chi connectivity index (χ1) is 9.65. The van der Waals surface area contributed by atoms with E-state index in [1.54, 1.807) is 39.8 Å². The molecule has 6 nitrogen and oxygen atoms in total. The molecule has 21 heavy (non-hydrogen) atoms. The van der Waals surface area contributed by atoms with Crippen LogP contribution in [0, 0.1) is 0 Å². The number of esters is 1. The Kier molecular flexibility index (Phi) is 8.04. The summed E-state index contributed by atoms with van der Waals surface area (Å²) in [6, 6.07) is -1.12. The highest BCUT2D eigenvalue weighted by Gasteiger charge is 2.22. The molecule has 0 aromatic carbocycles. The van der Waals surface area contributed by atoms with Gasteiger partial charge in [0, 0.05) is 12.5 Å². The first-order valence-corrected chi connectivity index (χ1v) is 6.70. The van der Waals surface area contributed by atoms with E-state index in [2.05, 4.69) is 5.32 Å². The summed E-state index contributed by atoms with van der Waals surface area (Å²) in [6.45, 7) is 6.98. The average Bonchev–Trinajstić information content (AvgIpc) is 2.32. The lowest BCUT2D eigenvalue weighted by molar-refractivity contribution is -0.155. The van der Waals surface area contributed by atoms with Crippen LogP contribution in [0.1, 0.15) is 40.5 Å². The summed E-state index contributed by atoms with van der Waals surface area (Å²) in [4.78, 5) is 34.1. The molecule has 118 valence electrons. The zero-order chi connectivity index (χ0) is 16.5. The molecule has 0 aromatic rings. The van der Waals surface area contributed by atoms with Gasteiger partial charge in [0.2, 0.25) is 5.91 Å². The van der Waals surface area contributed by atoms with Gasteiger partial charge in [-0.05, 0) is 34.1 Å². The number of nitrogens with one attached hydrogen (secondary N) is 1. The fraction of sp³-hybridized carbons (Fsp3) is 0.533. The van der Waals surface area contributed by atoms with Gasteiger partial charge in [0.05, 0.1) is 0 Å². The predicted octanol–water partition coefficient (Wildman–Crippen LogP) is 1.81. The number of ether oxygens (including phenoxy) is 1. The molecule has 0 heterocycles. The second-order valence-corrected chi connectivity index (χ2v) is 5.41.